The highest BCUT2D eigenvalue weighted by molar-refractivity contribution is 6.00. The molecule has 39 nitrogen and oxygen atoms in total. The average Bonchev–Trinajstić information content (AvgIpc) is 1.75. The number of aliphatic imine (C=N–C) groups is 2. The van der Waals surface area contributed by atoms with E-state index in [0.29, 0.717) is 28.9 Å². The minimum atomic E-state index is -1.80. The standard InChI is InChI=1S/C70H104N22O17/c1-36(2)26-47(84-58(98)46(11-7-23-79-70(74)75)83-65(105)55(71)38(5)94)62(102)90-56(37(3)4)67(107)91-24-8-12-53(91)64(104)89-52(33-93)63(103)82-45(10-6-22-78-69(72)73)57(97)85-48(27-39-14-18-43(95)19-15-39)59(99)86-49(28-40-16-20-44(96)21-17-40)60(100)87-50(29-41-31-76-34-80-41)61(101)88-51(30-42-32-77-35-81-42)66(106)92-25-9-13-54(92)68(108)109/h14-21,31-32,34-38,45-56,93-96H,6-13,22-30,33,71H2,1-5H3,(H,76,80)(H,77,81)(H,82,103)(H,83,105)(H,84,98)(H,85,97)(H,86,99)(H,87,100)(H,88,101)(H,89,104)(H,90,102)(H,108,109)(H4,72,73,78)(H4,74,75,79)/t38-,45+,46+,47+,48+,49+,50+,51+,52+,53+,54+,55+,56+/m1/s1. The van der Waals surface area contributed by atoms with Gasteiger partial charge in [-0.1, -0.05) is 52.0 Å². The number of amides is 11. The van der Waals surface area contributed by atoms with E-state index in [0.717, 1.165) is 4.90 Å². The second-order valence-corrected chi connectivity index (χ2v) is 27.7. The molecule has 0 radical (unpaired) electrons. The second kappa shape index (κ2) is 42.2. The lowest BCUT2D eigenvalue weighted by molar-refractivity contribution is -0.149. The first-order valence-electron chi connectivity index (χ1n) is 36.0. The van der Waals surface area contributed by atoms with Gasteiger partial charge in [0.15, 0.2) is 11.9 Å². The number of aromatic nitrogens is 4. The normalized spacial score (nSPS) is 17.1. The van der Waals surface area contributed by atoms with Crippen molar-refractivity contribution in [3.05, 3.63) is 96.1 Å². The largest absolute Gasteiger partial charge is 0.508 e. The molecule has 2 aliphatic rings. The van der Waals surface area contributed by atoms with E-state index in [-0.39, 0.29) is 133 Å². The highest BCUT2D eigenvalue weighted by Crippen LogP contribution is 2.24. The van der Waals surface area contributed by atoms with Crippen molar-refractivity contribution in [2.45, 2.75) is 197 Å². The van der Waals surface area contributed by atoms with E-state index >= 15 is 9.59 Å². The van der Waals surface area contributed by atoms with Crippen LogP contribution in [0.2, 0.25) is 0 Å². The number of likely N-dealkylation sites (tertiary alicyclic amines) is 2. The van der Waals surface area contributed by atoms with Crippen molar-refractivity contribution in [1.29, 1.82) is 0 Å². The number of H-pyrrole nitrogens is 2. The molecule has 2 aliphatic heterocycles. The zero-order chi connectivity index (χ0) is 80.2. The Hall–Kier alpha value is -11.5. The van der Waals surface area contributed by atoms with Crippen LogP contribution in [0.5, 0.6) is 11.5 Å². The Bertz CT molecular complexity index is 3780. The van der Waals surface area contributed by atoms with Crippen LogP contribution < -0.4 is 76.5 Å². The van der Waals surface area contributed by atoms with Gasteiger partial charge in [0.1, 0.15) is 84.0 Å². The number of imidazole rings is 2. The Morgan fingerprint density at radius 1 is 0.514 bits per heavy atom. The van der Waals surface area contributed by atoms with Crippen molar-refractivity contribution in [2.75, 3.05) is 32.8 Å². The van der Waals surface area contributed by atoms with Crippen LogP contribution in [0.15, 0.2) is 83.6 Å². The molecule has 2 saturated heterocycles. The summed E-state index contributed by atoms with van der Waals surface area (Å²) in [6.45, 7) is 7.18. The fraction of sp³-hybridized carbons (Fsp3) is 0.543. The molecule has 4 aromatic rings. The lowest BCUT2D eigenvalue weighted by atomic mass is 9.98. The van der Waals surface area contributed by atoms with E-state index < -0.39 is 162 Å². The molecule has 26 N–H and O–H groups in total. The first-order valence-corrected chi connectivity index (χ1v) is 36.0. The van der Waals surface area contributed by atoms with Gasteiger partial charge in [0.25, 0.3) is 0 Å². The highest BCUT2D eigenvalue weighted by Gasteiger charge is 2.43. The number of aliphatic hydroxyl groups excluding tert-OH is 2. The Balaban J connectivity index is 1.23. The molecule has 6 rings (SSSR count). The van der Waals surface area contributed by atoms with E-state index in [4.69, 9.17) is 28.7 Å². The molecular weight excluding hydrogens is 1420 g/mol. The lowest BCUT2D eigenvalue weighted by Crippen LogP contribution is -2.62. The highest BCUT2D eigenvalue weighted by atomic mass is 16.4. The second-order valence-electron chi connectivity index (χ2n) is 27.7. The summed E-state index contributed by atoms with van der Waals surface area (Å²) in [5.41, 5.74) is 29.5. The molecule has 2 fully saturated rings. The molecule has 2 aromatic carbocycles. The number of nitrogens with one attached hydrogen (secondary N) is 11. The molecule has 2 aromatic heterocycles. The third-order valence-corrected chi connectivity index (χ3v) is 18.2. The first kappa shape index (κ1) is 86.4. The molecular formula is C70H104N22O17. The molecule has 4 heterocycles. The number of nitrogens with zero attached hydrogens (tertiary/aromatic N) is 6. The van der Waals surface area contributed by atoms with Crippen LogP contribution in [0.3, 0.4) is 0 Å². The Morgan fingerprint density at radius 3 is 1.33 bits per heavy atom. The van der Waals surface area contributed by atoms with Gasteiger partial charge in [-0.25, -0.2) is 14.8 Å². The number of carbonyl (C=O) groups is 12. The Kier molecular flexibility index (Phi) is 33.4. The average molecular weight is 1530 g/mol. The number of carboxylic acid groups (broad SMARTS) is 1. The number of aliphatic hydroxyl groups is 2. The fourth-order valence-corrected chi connectivity index (χ4v) is 12.4. The number of hydrogen-bond donors (Lipinski definition) is 21. The zero-order valence-corrected chi connectivity index (χ0v) is 61.5. The molecule has 39 heteroatoms. The van der Waals surface area contributed by atoms with E-state index in [2.05, 4.69) is 77.8 Å². The number of nitrogens with two attached hydrogens (primary N) is 5. The Labute approximate surface area is 628 Å². The first-order chi connectivity index (χ1) is 51.7. The number of carboxylic acids is 1. The van der Waals surface area contributed by atoms with Crippen LogP contribution in [0.4, 0.5) is 0 Å². The van der Waals surface area contributed by atoms with Gasteiger partial charge in [0, 0.05) is 75.6 Å². The van der Waals surface area contributed by atoms with Crippen molar-refractivity contribution in [3.8, 4) is 11.5 Å². The van der Waals surface area contributed by atoms with E-state index in [9.17, 15) is 73.5 Å². The molecule has 0 unspecified atom stereocenters. The van der Waals surface area contributed by atoms with Gasteiger partial charge >= 0.3 is 5.97 Å². The van der Waals surface area contributed by atoms with E-state index in [1.807, 2.05) is 0 Å². The third-order valence-electron chi connectivity index (χ3n) is 18.2. The summed E-state index contributed by atoms with van der Waals surface area (Å²) >= 11 is 0. The van der Waals surface area contributed by atoms with Crippen molar-refractivity contribution >= 4 is 82.9 Å². The molecule has 13 atom stereocenters. The van der Waals surface area contributed by atoms with Crippen LogP contribution in [-0.2, 0) is 83.2 Å². The van der Waals surface area contributed by atoms with Crippen LogP contribution >= 0.6 is 0 Å². The third kappa shape index (κ3) is 27.1. The molecule has 11 amide bonds. The maximum Gasteiger partial charge on any atom is 0.326 e. The lowest BCUT2D eigenvalue weighted by Gasteiger charge is -2.32. The number of phenols is 2. The number of carbonyl (C=O) groups excluding carboxylic acids is 11. The van der Waals surface area contributed by atoms with Gasteiger partial charge in [-0.2, -0.15) is 0 Å². The van der Waals surface area contributed by atoms with E-state index in [1.54, 1.807) is 27.7 Å². The summed E-state index contributed by atoms with van der Waals surface area (Å²) in [7, 11) is 0. The number of rotatable bonds is 42. The number of aromatic hydroxyl groups is 2. The van der Waals surface area contributed by atoms with Crippen LogP contribution in [0.25, 0.3) is 0 Å². The molecule has 0 spiro atoms. The smallest absolute Gasteiger partial charge is 0.326 e. The topological polar surface area (TPSA) is 633 Å². The van der Waals surface area contributed by atoms with Crippen LogP contribution in [-0.4, -0.2) is 250 Å². The van der Waals surface area contributed by atoms with Crippen molar-refractivity contribution in [3.63, 3.8) is 0 Å². The van der Waals surface area contributed by atoms with Crippen LogP contribution in [0, 0.1) is 11.8 Å². The van der Waals surface area contributed by atoms with E-state index in [1.165, 1.54) is 85.4 Å². The maximum atomic E-state index is 15.1. The molecule has 596 valence electrons. The molecule has 0 bridgehead atoms. The monoisotopic (exact) mass is 1520 g/mol. The maximum absolute atomic E-state index is 15.1. The van der Waals surface area contributed by atoms with Gasteiger partial charge in [-0.15, -0.1) is 0 Å². The molecule has 0 aliphatic carbocycles. The summed E-state index contributed by atoms with van der Waals surface area (Å²) in [6, 6.07) is -6.19. The quantitative estimate of drug-likeness (QED) is 0.0112. The van der Waals surface area contributed by atoms with Gasteiger partial charge < -0.3 is 122 Å². The summed E-state index contributed by atoms with van der Waals surface area (Å²) in [4.78, 5) is 195. The number of hydrogen-bond acceptors (Lipinski definition) is 21. The van der Waals surface area contributed by atoms with Gasteiger partial charge in [-0.3, -0.25) is 62.7 Å². The summed E-state index contributed by atoms with van der Waals surface area (Å²) in [5.74, 6) is -12.7. The molecule has 0 saturated carbocycles. The van der Waals surface area contributed by atoms with Gasteiger partial charge in [-0.05, 0) is 112 Å². The Morgan fingerprint density at radius 2 is 0.908 bits per heavy atom. The summed E-state index contributed by atoms with van der Waals surface area (Å²) in [5, 5.41) is 75.0. The number of benzene rings is 2. The minimum Gasteiger partial charge on any atom is -0.508 e. The van der Waals surface area contributed by atoms with Gasteiger partial charge in [0.2, 0.25) is 65.0 Å². The summed E-state index contributed by atoms with van der Waals surface area (Å²) < 4.78 is 0. The number of aromatic amines is 2. The van der Waals surface area contributed by atoms with Gasteiger partial charge in [0.05, 0.1) is 25.4 Å². The van der Waals surface area contributed by atoms with Crippen LogP contribution in [0.1, 0.15) is 115 Å². The fourth-order valence-electron chi connectivity index (χ4n) is 12.4. The predicted octanol–water partition coefficient (Wildman–Crippen LogP) is -5.25. The minimum absolute atomic E-state index is 0.000416. The number of aliphatic carboxylic acids is 1. The number of guanidine groups is 2. The summed E-state index contributed by atoms with van der Waals surface area (Å²) in [6.07, 6.45) is 3.96. The van der Waals surface area contributed by atoms with Crippen molar-refractivity contribution in [2.24, 2.45) is 50.5 Å². The predicted molar refractivity (Wildman–Crippen MR) is 394 cm³/mol. The number of phenolic OH excluding ortho intramolecular Hbond substituents is 2. The SMILES string of the molecule is CC(C)C[C@H](NC(=O)[C@H](CCCN=C(N)N)NC(=O)[C@@H](N)[C@@H](C)O)C(=O)N[C@H](C(=O)N1CCC[C@H]1C(=O)N[C@@H](CO)C(=O)N[C@@H](CCCN=C(N)N)C(=O)N[C@@H](Cc1ccc(O)cc1)C(=O)N[C@@H](Cc1ccc(O)cc1)C(=O)N[C@@H](Cc1cnc[nH]1)C(=O)N[C@@H](Cc1cnc[nH]1)C(=O)N1CCC[C@H]1C(=O)O)C(C)C. The van der Waals surface area contributed by atoms with Crippen molar-refractivity contribution < 1.29 is 83.1 Å². The van der Waals surface area contributed by atoms with Crippen molar-refractivity contribution in [1.82, 2.24) is 77.6 Å². The molecule has 109 heavy (non-hydrogen) atoms. The zero-order valence-electron chi connectivity index (χ0n) is 61.5.